The van der Waals surface area contributed by atoms with Crippen molar-refractivity contribution in [1.29, 1.82) is 0 Å². The molecule has 0 aliphatic heterocycles. The first kappa shape index (κ1) is 16.2. The summed E-state index contributed by atoms with van der Waals surface area (Å²) in [6, 6.07) is 8.67. The molecule has 0 heterocycles. The maximum Gasteiger partial charge on any atom is 0.0804 e. The third-order valence-electron chi connectivity index (χ3n) is 3.87. The van der Waals surface area contributed by atoms with Crippen LogP contribution in [0.15, 0.2) is 24.3 Å². The SMILES string of the molecule is Cc1ccccc1C(O)CCN(C)C(C)CC(C)C. The molecule has 0 aromatic heterocycles. The molecule has 1 N–H and O–H groups in total. The van der Waals surface area contributed by atoms with E-state index in [1.165, 1.54) is 12.0 Å². The molecule has 0 fully saturated rings. The normalized spacial score (nSPS) is 14.9. The monoisotopic (exact) mass is 263 g/mol. The van der Waals surface area contributed by atoms with Gasteiger partial charge in [0, 0.05) is 12.6 Å². The van der Waals surface area contributed by atoms with Gasteiger partial charge in [0.15, 0.2) is 0 Å². The standard InChI is InChI=1S/C17H29NO/c1-13(2)12-15(4)18(5)11-10-17(19)16-9-7-6-8-14(16)3/h6-9,13,15,17,19H,10-12H2,1-5H3. The van der Waals surface area contributed by atoms with Crippen molar-refractivity contribution in [3.05, 3.63) is 35.4 Å². The van der Waals surface area contributed by atoms with Crippen molar-refractivity contribution in [3.8, 4) is 0 Å². The molecule has 2 heteroatoms. The lowest BCUT2D eigenvalue weighted by Gasteiger charge is -2.27. The van der Waals surface area contributed by atoms with Gasteiger partial charge in [-0.3, -0.25) is 0 Å². The molecule has 2 atom stereocenters. The Balaban J connectivity index is 2.46. The zero-order valence-corrected chi connectivity index (χ0v) is 13.1. The van der Waals surface area contributed by atoms with Crippen molar-refractivity contribution in [1.82, 2.24) is 4.90 Å². The van der Waals surface area contributed by atoms with E-state index in [9.17, 15) is 5.11 Å². The smallest absolute Gasteiger partial charge is 0.0804 e. The van der Waals surface area contributed by atoms with Gasteiger partial charge in [-0.25, -0.2) is 0 Å². The molecule has 2 unspecified atom stereocenters. The van der Waals surface area contributed by atoms with Gasteiger partial charge >= 0.3 is 0 Å². The summed E-state index contributed by atoms with van der Waals surface area (Å²) in [5, 5.41) is 10.3. The number of aliphatic hydroxyl groups is 1. The number of rotatable bonds is 7. The van der Waals surface area contributed by atoms with Gasteiger partial charge in [-0.2, -0.15) is 0 Å². The van der Waals surface area contributed by atoms with E-state index in [1.54, 1.807) is 0 Å². The number of benzene rings is 1. The summed E-state index contributed by atoms with van der Waals surface area (Å²) in [5.41, 5.74) is 2.24. The molecule has 0 saturated heterocycles. The van der Waals surface area contributed by atoms with E-state index in [1.807, 2.05) is 18.2 Å². The fourth-order valence-corrected chi connectivity index (χ4v) is 2.52. The molecule has 0 spiro atoms. The molecule has 1 aromatic carbocycles. The summed E-state index contributed by atoms with van der Waals surface area (Å²) >= 11 is 0. The second-order valence-electron chi connectivity index (χ2n) is 6.12. The van der Waals surface area contributed by atoms with Crippen LogP contribution in [-0.4, -0.2) is 29.6 Å². The topological polar surface area (TPSA) is 23.5 Å². The van der Waals surface area contributed by atoms with Gasteiger partial charge in [0.2, 0.25) is 0 Å². The van der Waals surface area contributed by atoms with Crippen LogP contribution in [0.5, 0.6) is 0 Å². The van der Waals surface area contributed by atoms with Crippen LogP contribution in [0, 0.1) is 12.8 Å². The van der Waals surface area contributed by atoms with E-state index in [4.69, 9.17) is 0 Å². The van der Waals surface area contributed by atoms with Crippen molar-refractivity contribution < 1.29 is 5.11 Å². The Labute approximate surface area is 118 Å². The van der Waals surface area contributed by atoms with E-state index in [-0.39, 0.29) is 6.10 Å². The summed E-state index contributed by atoms with van der Waals surface area (Å²) in [6.45, 7) is 9.77. The minimum absolute atomic E-state index is 0.352. The lowest BCUT2D eigenvalue weighted by Crippen LogP contribution is -2.31. The third-order valence-corrected chi connectivity index (χ3v) is 3.87. The van der Waals surface area contributed by atoms with Crippen molar-refractivity contribution in [2.24, 2.45) is 5.92 Å². The van der Waals surface area contributed by atoms with Crippen molar-refractivity contribution in [2.45, 2.75) is 52.7 Å². The molecule has 2 nitrogen and oxygen atoms in total. The lowest BCUT2D eigenvalue weighted by atomic mass is 10.00. The van der Waals surface area contributed by atoms with Crippen molar-refractivity contribution in [2.75, 3.05) is 13.6 Å². The highest BCUT2D eigenvalue weighted by molar-refractivity contribution is 5.27. The second kappa shape index (κ2) is 7.66. The van der Waals surface area contributed by atoms with Crippen LogP contribution in [0.2, 0.25) is 0 Å². The third kappa shape index (κ3) is 5.33. The van der Waals surface area contributed by atoms with E-state index in [0.29, 0.717) is 6.04 Å². The predicted molar refractivity (Wildman–Crippen MR) is 82.3 cm³/mol. The van der Waals surface area contributed by atoms with Crippen molar-refractivity contribution in [3.63, 3.8) is 0 Å². The first-order valence-corrected chi connectivity index (χ1v) is 7.35. The molecular weight excluding hydrogens is 234 g/mol. The van der Waals surface area contributed by atoms with E-state index in [2.05, 4.69) is 45.7 Å². The molecule has 1 rings (SSSR count). The molecule has 19 heavy (non-hydrogen) atoms. The van der Waals surface area contributed by atoms with Gasteiger partial charge in [-0.05, 0) is 50.8 Å². The Hall–Kier alpha value is -0.860. The fraction of sp³-hybridized carbons (Fsp3) is 0.647. The highest BCUT2D eigenvalue weighted by Gasteiger charge is 2.14. The molecule has 1 aromatic rings. The number of nitrogens with zero attached hydrogens (tertiary/aromatic N) is 1. The van der Waals surface area contributed by atoms with Crippen LogP contribution in [-0.2, 0) is 0 Å². The number of aliphatic hydroxyl groups excluding tert-OH is 1. The van der Waals surface area contributed by atoms with E-state index >= 15 is 0 Å². The van der Waals surface area contributed by atoms with Crippen molar-refractivity contribution >= 4 is 0 Å². The van der Waals surface area contributed by atoms with Gasteiger partial charge in [0.25, 0.3) is 0 Å². The Morgan fingerprint density at radius 3 is 2.37 bits per heavy atom. The largest absolute Gasteiger partial charge is 0.388 e. The van der Waals surface area contributed by atoms with Gasteiger partial charge in [0.1, 0.15) is 0 Å². The Kier molecular flexibility index (Phi) is 6.53. The quantitative estimate of drug-likeness (QED) is 0.809. The van der Waals surface area contributed by atoms with Crippen LogP contribution >= 0.6 is 0 Å². The van der Waals surface area contributed by atoms with Gasteiger partial charge in [-0.1, -0.05) is 38.1 Å². The molecule has 0 aliphatic rings. The predicted octanol–water partition coefficient (Wildman–Crippen LogP) is 3.78. The summed E-state index contributed by atoms with van der Waals surface area (Å²) < 4.78 is 0. The Morgan fingerprint density at radius 2 is 1.79 bits per heavy atom. The summed E-state index contributed by atoms with van der Waals surface area (Å²) in [4.78, 5) is 2.35. The molecule has 0 amide bonds. The number of hydrogen-bond acceptors (Lipinski definition) is 2. The summed E-state index contributed by atoms with van der Waals surface area (Å²) in [5.74, 6) is 0.721. The zero-order valence-electron chi connectivity index (χ0n) is 13.1. The summed E-state index contributed by atoms with van der Waals surface area (Å²) in [7, 11) is 2.15. The number of aryl methyl sites for hydroxylation is 1. The fourth-order valence-electron chi connectivity index (χ4n) is 2.52. The van der Waals surface area contributed by atoms with Crippen LogP contribution in [0.25, 0.3) is 0 Å². The van der Waals surface area contributed by atoms with Crippen LogP contribution in [0.3, 0.4) is 0 Å². The van der Waals surface area contributed by atoms with Gasteiger partial charge in [-0.15, -0.1) is 0 Å². The number of hydrogen-bond donors (Lipinski definition) is 1. The van der Waals surface area contributed by atoms with Gasteiger partial charge in [0.05, 0.1) is 6.10 Å². The average Bonchev–Trinajstić information content (AvgIpc) is 2.35. The second-order valence-corrected chi connectivity index (χ2v) is 6.12. The minimum Gasteiger partial charge on any atom is -0.388 e. The zero-order chi connectivity index (χ0) is 14.4. The minimum atomic E-state index is -0.352. The lowest BCUT2D eigenvalue weighted by molar-refractivity contribution is 0.134. The molecule has 0 bridgehead atoms. The van der Waals surface area contributed by atoms with E-state index < -0.39 is 0 Å². The van der Waals surface area contributed by atoms with E-state index in [0.717, 1.165) is 24.4 Å². The maximum atomic E-state index is 10.3. The molecular formula is C17H29NO. The summed E-state index contributed by atoms with van der Waals surface area (Å²) in [6.07, 6.45) is 1.65. The average molecular weight is 263 g/mol. The molecule has 108 valence electrons. The first-order valence-electron chi connectivity index (χ1n) is 7.35. The highest BCUT2D eigenvalue weighted by atomic mass is 16.3. The van der Waals surface area contributed by atoms with Crippen LogP contribution < -0.4 is 0 Å². The van der Waals surface area contributed by atoms with Crippen LogP contribution in [0.4, 0.5) is 0 Å². The molecule has 0 aliphatic carbocycles. The van der Waals surface area contributed by atoms with Crippen LogP contribution in [0.1, 0.15) is 50.8 Å². The maximum absolute atomic E-state index is 10.3. The highest BCUT2D eigenvalue weighted by Crippen LogP contribution is 2.21. The molecule has 0 saturated carbocycles. The Bertz CT molecular complexity index is 375. The molecule has 0 radical (unpaired) electrons. The Morgan fingerprint density at radius 1 is 1.16 bits per heavy atom. The first-order chi connectivity index (χ1) is 8.91. The van der Waals surface area contributed by atoms with Gasteiger partial charge < -0.3 is 10.0 Å².